The third-order valence-corrected chi connectivity index (χ3v) is 5.84. The van der Waals surface area contributed by atoms with Gasteiger partial charge in [-0.15, -0.1) is 11.3 Å². The first kappa shape index (κ1) is 18.4. The predicted molar refractivity (Wildman–Crippen MR) is 109 cm³/mol. The summed E-state index contributed by atoms with van der Waals surface area (Å²) in [6, 6.07) is 16.4. The molecular weight excluding hydrogens is 374 g/mol. The molecule has 0 spiro atoms. The van der Waals surface area contributed by atoms with Gasteiger partial charge >= 0.3 is 0 Å². The monoisotopic (exact) mass is 393 g/mol. The number of fused-ring (bicyclic) bond motifs is 1. The van der Waals surface area contributed by atoms with E-state index in [2.05, 4.69) is 0 Å². The van der Waals surface area contributed by atoms with E-state index in [1.165, 1.54) is 16.2 Å². The van der Waals surface area contributed by atoms with Crippen LogP contribution in [0.3, 0.4) is 0 Å². The number of hydrogen-bond acceptors (Lipinski definition) is 5. The maximum Gasteiger partial charge on any atom is 0.295 e. The van der Waals surface area contributed by atoms with Gasteiger partial charge in [0.05, 0.1) is 18.2 Å². The van der Waals surface area contributed by atoms with E-state index in [0.717, 1.165) is 15.6 Å². The summed E-state index contributed by atoms with van der Waals surface area (Å²) in [4.78, 5) is 27.8. The maximum atomic E-state index is 12.8. The first-order valence-corrected chi connectivity index (χ1v) is 9.79. The average Bonchev–Trinajstić information content (AvgIpc) is 3.33. The van der Waals surface area contributed by atoms with Gasteiger partial charge in [-0.3, -0.25) is 9.59 Å². The molecule has 6 heteroatoms. The van der Waals surface area contributed by atoms with E-state index in [1.807, 2.05) is 53.9 Å². The molecule has 0 radical (unpaired) electrons. The molecule has 0 bridgehead atoms. The lowest BCUT2D eigenvalue weighted by Crippen LogP contribution is -2.32. The van der Waals surface area contributed by atoms with Crippen LogP contribution in [0.15, 0.2) is 65.6 Å². The zero-order valence-electron chi connectivity index (χ0n) is 15.3. The van der Waals surface area contributed by atoms with Crippen LogP contribution < -0.4 is 0 Å². The zero-order chi connectivity index (χ0) is 19.7. The van der Waals surface area contributed by atoms with Gasteiger partial charge in [0.25, 0.3) is 11.7 Å². The summed E-state index contributed by atoms with van der Waals surface area (Å²) in [5.74, 6) is -1.43. The Morgan fingerprint density at radius 2 is 1.89 bits per heavy atom. The van der Waals surface area contributed by atoms with Gasteiger partial charge in [0.15, 0.2) is 0 Å². The molecule has 1 amide bonds. The van der Waals surface area contributed by atoms with Crippen molar-refractivity contribution in [1.29, 1.82) is 0 Å². The van der Waals surface area contributed by atoms with Crippen LogP contribution in [0.25, 0.3) is 16.5 Å². The molecule has 1 aromatic heterocycles. The number of carbonyl (C=O) groups excluding carboxylic acids is 2. The summed E-state index contributed by atoms with van der Waals surface area (Å²) in [7, 11) is 1.55. The molecule has 4 rings (SSSR count). The van der Waals surface area contributed by atoms with Crippen molar-refractivity contribution in [2.45, 2.75) is 6.04 Å². The number of likely N-dealkylation sites (tertiary alicyclic amines) is 1. The van der Waals surface area contributed by atoms with Gasteiger partial charge in [0.2, 0.25) is 0 Å². The standard InChI is InChI=1S/C22H19NO4S/c1-27-11-10-23-19(17-7-4-12-28-17)18(21(25)22(23)26)20(24)16-9-8-14-5-2-3-6-15(14)13-16/h2-9,12-13,19,24H,10-11H2,1H3/b20-18-. The van der Waals surface area contributed by atoms with E-state index in [4.69, 9.17) is 4.74 Å². The molecule has 1 atom stereocenters. The Hall–Kier alpha value is -2.96. The Bertz CT molecular complexity index is 1070. The fourth-order valence-electron chi connectivity index (χ4n) is 3.54. The third-order valence-electron chi connectivity index (χ3n) is 4.91. The van der Waals surface area contributed by atoms with Crippen molar-refractivity contribution in [2.75, 3.05) is 20.3 Å². The Morgan fingerprint density at radius 1 is 1.11 bits per heavy atom. The number of aliphatic hydroxyl groups excluding tert-OH is 1. The molecule has 1 aliphatic rings. The fraction of sp³-hybridized carbons (Fsp3) is 0.182. The number of aliphatic hydroxyl groups is 1. The number of thiophene rings is 1. The summed E-state index contributed by atoms with van der Waals surface area (Å²) >= 11 is 1.45. The lowest BCUT2D eigenvalue weighted by Gasteiger charge is -2.23. The summed E-state index contributed by atoms with van der Waals surface area (Å²) in [5.41, 5.74) is 0.642. The van der Waals surface area contributed by atoms with Gasteiger partial charge in [-0.2, -0.15) is 0 Å². The van der Waals surface area contributed by atoms with Crippen LogP contribution in [0.1, 0.15) is 16.5 Å². The quantitative estimate of drug-likeness (QED) is 0.405. The van der Waals surface area contributed by atoms with Crippen LogP contribution in [0, 0.1) is 0 Å². The number of nitrogens with zero attached hydrogens (tertiary/aromatic N) is 1. The molecule has 5 nitrogen and oxygen atoms in total. The van der Waals surface area contributed by atoms with E-state index in [0.29, 0.717) is 12.2 Å². The number of hydrogen-bond donors (Lipinski definition) is 1. The molecule has 1 N–H and O–H groups in total. The highest BCUT2D eigenvalue weighted by molar-refractivity contribution is 7.10. The molecular formula is C22H19NO4S. The summed E-state index contributed by atoms with van der Waals surface area (Å²) in [6.07, 6.45) is 0. The van der Waals surface area contributed by atoms with Crippen LogP contribution in [0.2, 0.25) is 0 Å². The highest BCUT2D eigenvalue weighted by Gasteiger charge is 2.46. The van der Waals surface area contributed by atoms with Crippen molar-refractivity contribution in [3.05, 3.63) is 76.0 Å². The van der Waals surface area contributed by atoms with Gasteiger partial charge in [-0.05, 0) is 28.3 Å². The molecule has 142 valence electrons. The number of ketones is 1. The Kier molecular flexibility index (Phi) is 4.98. The molecule has 0 aliphatic carbocycles. The number of Topliss-reactive ketones (excluding diaryl/α,β-unsaturated/α-hetero) is 1. The smallest absolute Gasteiger partial charge is 0.295 e. The average molecular weight is 393 g/mol. The van der Waals surface area contributed by atoms with Crippen molar-refractivity contribution in [1.82, 2.24) is 4.90 Å². The van der Waals surface area contributed by atoms with Crippen molar-refractivity contribution in [3.63, 3.8) is 0 Å². The molecule has 1 fully saturated rings. The minimum absolute atomic E-state index is 0.124. The number of benzene rings is 2. The highest BCUT2D eigenvalue weighted by Crippen LogP contribution is 2.41. The number of methoxy groups -OCH3 is 1. The Labute approximate surface area is 166 Å². The van der Waals surface area contributed by atoms with Gasteiger partial charge in [-0.25, -0.2) is 0 Å². The highest BCUT2D eigenvalue weighted by atomic mass is 32.1. The largest absolute Gasteiger partial charge is 0.507 e. The minimum atomic E-state index is -0.667. The first-order chi connectivity index (χ1) is 13.6. The van der Waals surface area contributed by atoms with E-state index >= 15 is 0 Å². The third kappa shape index (κ3) is 3.10. The molecule has 2 heterocycles. The Balaban J connectivity index is 1.85. The van der Waals surface area contributed by atoms with Crippen LogP contribution >= 0.6 is 11.3 Å². The lowest BCUT2D eigenvalue weighted by atomic mass is 9.98. The van der Waals surface area contributed by atoms with Gasteiger partial charge in [-0.1, -0.05) is 42.5 Å². The van der Waals surface area contributed by atoms with Crippen molar-refractivity contribution in [2.24, 2.45) is 0 Å². The molecule has 28 heavy (non-hydrogen) atoms. The second kappa shape index (κ2) is 7.58. The lowest BCUT2D eigenvalue weighted by molar-refractivity contribution is -0.140. The van der Waals surface area contributed by atoms with Crippen molar-refractivity contribution in [3.8, 4) is 0 Å². The van der Waals surface area contributed by atoms with Gasteiger partial charge in [0, 0.05) is 24.1 Å². The second-order valence-electron chi connectivity index (χ2n) is 6.56. The number of rotatable bonds is 5. The van der Waals surface area contributed by atoms with Crippen molar-refractivity contribution < 1.29 is 19.4 Å². The van der Waals surface area contributed by atoms with E-state index in [1.54, 1.807) is 13.2 Å². The van der Waals surface area contributed by atoms with Crippen LogP contribution in [-0.2, 0) is 14.3 Å². The summed E-state index contributed by atoms with van der Waals surface area (Å²) < 4.78 is 5.10. The van der Waals surface area contributed by atoms with Crippen LogP contribution in [-0.4, -0.2) is 42.0 Å². The van der Waals surface area contributed by atoms with Gasteiger partial charge < -0.3 is 14.7 Å². The van der Waals surface area contributed by atoms with Crippen LogP contribution in [0.4, 0.5) is 0 Å². The van der Waals surface area contributed by atoms with E-state index in [-0.39, 0.29) is 17.9 Å². The fourth-order valence-corrected chi connectivity index (χ4v) is 4.38. The molecule has 0 saturated carbocycles. The normalized spacial score (nSPS) is 18.9. The molecule has 2 aromatic carbocycles. The second-order valence-corrected chi connectivity index (χ2v) is 7.54. The topological polar surface area (TPSA) is 66.8 Å². The summed E-state index contributed by atoms with van der Waals surface area (Å²) in [6.45, 7) is 0.586. The minimum Gasteiger partial charge on any atom is -0.507 e. The molecule has 1 aliphatic heterocycles. The zero-order valence-corrected chi connectivity index (χ0v) is 16.1. The molecule has 3 aromatic rings. The van der Waals surface area contributed by atoms with E-state index in [9.17, 15) is 14.7 Å². The summed E-state index contributed by atoms with van der Waals surface area (Å²) in [5, 5.41) is 14.9. The predicted octanol–water partition coefficient (Wildman–Crippen LogP) is 3.97. The van der Waals surface area contributed by atoms with Crippen molar-refractivity contribution >= 4 is 39.6 Å². The maximum absolute atomic E-state index is 12.8. The number of carbonyl (C=O) groups is 2. The molecule has 1 saturated heterocycles. The van der Waals surface area contributed by atoms with Crippen LogP contribution in [0.5, 0.6) is 0 Å². The van der Waals surface area contributed by atoms with Gasteiger partial charge in [0.1, 0.15) is 5.76 Å². The SMILES string of the molecule is COCCN1C(=O)C(=O)/C(=C(\O)c2ccc3ccccc3c2)C1c1cccs1. The first-order valence-electron chi connectivity index (χ1n) is 8.91. The molecule has 1 unspecified atom stereocenters. The number of ether oxygens (including phenoxy) is 1. The Morgan fingerprint density at radius 3 is 2.61 bits per heavy atom. The number of amides is 1. The van der Waals surface area contributed by atoms with E-state index < -0.39 is 17.7 Å².